The summed E-state index contributed by atoms with van der Waals surface area (Å²) in [5.74, 6) is -0.354. The minimum Gasteiger partial charge on any atom is -0.325 e. The number of aromatic nitrogens is 4. The van der Waals surface area contributed by atoms with Crippen LogP contribution in [-0.4, -0.2) is 25.2 Å². The second-order valence-corrected chi connectivity index (χ2v) is 6.88. The van der Waals surface area contributed by atoms with Gasteiger partial charge >= 0.3 is 0 Å². The van der Waals surface area contributed by atoms with Gasteiger partial charge in [0.1, 0.15) is 18.3 Å². The van der Waals surface area contributed by atoms with Crippen molar-refractivity contribution in [1.82, 2.24) is 19.3 Å². The second-order valence-electron chi connectivity index (χ2n) is 6.01. The average Bonchev–Trinajstić information content (AvgIpc) is 3.11. The molecule has 0 spiro atoms. The molecule has 4 aromatic rings. The van der Waals surface area contributed by atoms with Crippen LogP contribution in [0.15, 0.2) is 65.8 Å². The van der Waals surface area contributed by atoms with Gasteiger partial charge in [-0.2, -0.15) is 5.10 Å². The monoisotopic (exact) mass is 413 g/mol. The Kier molecular flexibility index (Phi) is 4.85. The van der Waals surface area contributed by atoms with Crippen molar-refractivity contribution in [3.63, 3.8) is 0 Å². The molecule has 0 unspecified atom stereocenters. The van der Waals surface area contributed by atoms with Gasteiger partial charge in [0.05, 0.1) is 11.9 Å². The summed E-state index contributed by atoms with van der Waals surface area (Å²) in [7, 11) is 0. The van der Waals surface area contributed by atoms with E-state index < -0.39 is 0 Å². The van der Waals surface area contributed by atoms with Crippen molar-refractivity contribution in [3.8, 4) is 5.69 Å². The van der Waals surface area contributed by atoms with E-state index in [1.807, 2.05) is 6.07 Å². The van der Waals surface area contributed by atoms with Crippen LogP contribution in [0.4, 0.5) is 5.69 Å². The summed E-state index contributed by atoms with van der Waals surface area (Å²) in [6, 6.07) is 13.8. The number of nitrogens with zero attached hydrogens (tertiary/aromatic N) is 4. The van der Waals surface area contributed by atoms with Crippen molar-refractivity contribution in [2.45, 2.75) is 6.54 Å². The van der Waals surface area contributed by atoms with Gasteiger partial charge in [0.2, 0.25) is 5.91 Å². The normalized spacial score (nSPS) is 10.9. The number of amides is 1. The first-order chi connectivity index (χ1) is 13.5. The lowest BCUT2D eigenvalue weighted by atomic mass is 10.3. The Bertz CT molecular complexity index is 1230. The van der Waals surface area contributed by atoms with Crippen LogP contribution < -0.4 is 10.9 Å². The smallest absolute Gasteiger partial charge is 0.264 e. The van der Waals surface area contributed by atoms with Gasteiger partial charge in [0.25, 0.3) is 5.56 Å². The highest BCUT2D eigenvalue weighted by Crippen LogP contribution is 2.17. The summed E-state index contributed by atoms with van der Waals surface area (Å²) < 4.78 is 2.76. The first-order valence-electron chi connectivity index (χ1n) is 8.26. The standard InChI is InChI=1S/C19H13Cl2N5O2/c20-12-4-6-14(7-5-12)24-17(27)10-25-11-22-18-16(19(25)28)9-23-26(18)15-3-1-2-13(21)8-15/h1-9,11H,10H2,(H,24,27). The summed E-state index contributed by atoms with van der Waals surface area (Å²) in [6.07, 6.45) is 2.76. The van der Waals surface area contributed by atoms with Crippen LogP contribution in [0.2, 0.25) is 10.0 Å². The van der Waals surface area contributed by atoms with Crippen LogP contribution in [0.25, 0.3) is 16.7 Å². The molecule has 0 bridgehead atoms. The molecule has 0 aliphatic rings. The Hall–Kier alpha value is -3.16. The number of hydrogen-bond acceptors (Lipinski definition) is 4. The molecular formula is C19H13Cl2N5O2. The van der Waals surface area contributed by atoms with E-state index in [9.17, 15) is 9.59 Å². The molecule has 0 radical (unpaired) electrons. The molecule has 0 aliphatic heterocycles. The summed E-state index contributed by atoms with van der Waals surface area (Å²) in [5, 5.41) is 8.37. The van der Waals surface area contributed by atoms with Crippen molar-refractivity contribution in [3.05, 3.63) is 81.5 Å². The number of hydrogen-bond donors (Lipinski definition) is 1. The van der Waals surface area contributed by atoms with E-state index in [4.69, 9.17) is 23.2 Å². The lowest BCUT2D eigenvalue weighted by molar-refractivity contribution is -0.116. The fourth-order valence-electron chi connectivity index (χ4n) is 2.75. The molecule has 0 saturated carbocycles. The van der Waals surface area contributed by atoms with Crippen LogP contribution in [-0.2, 0) is 11.3 Å². The molecule has 0 atom stereocenters. The number of fused-ring (bicyclic) bond motifs is 1. The molecule has 0 saturated heterocycles. The van der Waals surface area contributed by atoms with E-state index in [1.165, 1.54) is 21.8 Å². The topological polar surface area (TPSA) is 81.8 Å². The van der Waals surface area contributed by atoms with Gasteiger partial charge in [-0.1, -0.05) is 29.3 Å². The van der Waals surface area contributed by atoms with Crippen LogP contribution in [0, 0.1) is 0 Å². The summed E-state index contributed by atoms with van der Waals surface area (Å²) in [6.45, 7) is -0.174. The third-order valence-corrected chi connectivity index (χ3v) is 4.54. The van der Waals surface area contributed by atoms with Crippen LogP contribution in [0.3, 0.4) is 0 Å². The number of rotatable bonds is 4. The van der Waals surface area contributed by atoms with E-state index in [0.29, 0.717) is 32.5 Å². The molecule has 7 nitrogen and oxygen atoms in total. The van der Waals surface area contributed by atoms with Gasteiger partial charge in [-0.05, 0) is 42.5 Å². The molecule has 1 amide bonds. The molecule has 2 heterocycles. The van der Waals surface area contributed by atoms with E-state index >= 15 is 0 Å². The number of carbonyl (C=O) groups is 1. The Morgan fingerprint density at radius 1 is 1.07 bits per heavy atom. The molecule has 2 aromatic heterocycles. The predicted molar refractivity (Wildman–Crippen MR) is 108 cm³/mol. The summed E-state index contributed by atoms with van der Waals surface area (Å²) >= 11 is 11.9. The van der Waals surface area contributed by atoms with Crippen molar-refractivity contribution >= 4 is 45.8 Å². The number of halogens is 2. The number of benzene rings is 2. The van der Waals surface area contributed by atoms with E-state index in [1.54, 1.807) is 42.5 Å². The summed E-state index contributed by atoms with van der Waals surface area (Å²) in [5.41, 5.74) is 1.31. The van der Waals surface area contributed by atoms with Gasteiger partial charge in [-0.3, -0.25) is 14.2 Å². The van der Waals surface area contributed by atoms with Crippen molar-refractivity contribution < 1.29 is 4.79 Å². The van der Waals surface area contributed by atoms with E-state index in [0.717, 1.165) is 0 Å². The molecular weight excluding hydrogens is 401 g/mol. The molecule has 4 rings (SSSR count). The molecule has 0 fully saturated rings. The van der Waals surface area contributed by atoms with Crippen molar-refractivity contribution in [2.24, 2.45) is 0 Å². The maximum Gasteiger partial charge on any atom is 0.264 e. The Labute approximate surface area is 169 Å². The number of anilines is 1. The van der Waals surface area contributed by atoms with Crippen molar-refractivity contribution in [1.29, 1.82) is 0 Å². The van der Waals surface area contributed by atoms with Gasteiger partial charge in [-0.15, -0.1) is 0 Å². The zero-order valence-electron chi connectivity index (χ0n) is 14.3. The highest BCUT2D eigenvalue weighted by Gasteiger charge is 2.13. The van der Waals surface area contributed by atoms with E-state index in [2.05, 4.69) is 15.4 Å². The first-order valence-corrected chi connectivity index (χ1v) is 9.01. The molecule has 0 aliphatic carbocycles. The van der Waals surface area contributed by atoms with Gasteiger partial charge in [0, 0.05) is 15.7 Å². The number of nitrogens with one attached hydrogen (secondary N) is 1. The molecule has 140 valence electrons. The number of carbonyl (C=O) groups excluding carboxylic acids is 1. The molecule has 28 heavy (non-hydrogen) atoms. The minimum atomic E-state index is -0.357. The lowest BCUT2D eigenvalue weighted by Crippen LogP contribution is -2.27. The average molecular weight is 414 g/mol. The highest BCUT2D eigenvalue weighted by atomic mass is 35.5. The Morgan fingerprint density at radius 2 is 1.86 bits per heavy atom. The zero-order valence-corrected chi connectivity index (χ0v) is 15.9. The van der Waals surface area contributed by atoms with Crippen LogP contribution >= 0.6 is 23.2 Å². The predicted octanol–water partition coefficient (Wildman–Crippen LogP) is 3.53. The summed E-state index contributed by atoms with van der Waals surface area (Å²) in [4.78, 5) is 29.3. The third-order valence-electron chi connectivity index (χ3n) is 4.05. The van der Waals surface area contributed by atoms with Gasteiger partial charge in [0.15, 0.2) is 5.65 Å². The third kappa shape index (κ3) is 3.62. The quantitative estimate of drug-likeness (QED) is 0.554. The van der Waals surface area contributed by atoms with Crippen LogP contribution in [0.5, 0.6) is 0 Å². The molecule has 1 N–H and O–H groups in total. The van der Waals surface area contributed by atoms with E-state index in [-0.39, 0.29) is 18.0 Å². The lowest BCUT2D eigenvalue weighted by Gasteiger charge is -2.08. The minimum absolute atomic E-state index is 0.174. The second kappa shape index (κ2) is 7.46. The highest BCUT2D eigenvalue weighted by molar-refractivity contribution is 6.31. The van der Waals surface area contributed by atoms with Gasteiger partial charge < -0.3 is 5.32 Å². The maximum absolute atomic E-state index is 12.7. The molecule has 2 aromatic carbocycles. The van der Waals surface area contributed by atoms with Gasteiger partial charge in [-0.25, -0.2) is 9.67 Å². The largest absolute Gasteiger partial charge is 0.325 e. The Balaban J connectivity index is 1.61. The zero-order chi connectivity index (χ0) is 19.7. The maximum atomic E-state index is 12.7. The van der Waals surface area contributed by atoms with Crippen LogP contribution in [0.1, 0.15) is 0 Å². The fraction of sp³-hybridized carbons (Fsp3) is 0.0526. The van der Waals surface area contributed by atoms with Crippen molar-refractivity contribution in [2.75, 3.05) is 5.32 Å². The SMILES string of the molecule is O=C(Cn1cnc2c(cnn2-c2cccc(Cl)c2)c1=O)Nc1ccc(Cl)cc1. The first kappa shape index (κ1) is 18.2. The Morgan fingerprint density at radius 3 is 2.61 bits per heavy atom. The molecule has 9 heteroatoms. The fourth-order valence-corrected chi connectivity index (χ4v) is 3.06.